The molecule has 0 heterocycles. The lowest BCUT2D eigenvalue weighted by atomic mass is 9.96. The third kappa shape index (κ3) is 5.55. The van der Waals surface area contributed by atoms with Crippen molar-refractivity contribution in [2.45, 2.75) is 51.7 Å². The predicted octanol–water partition coefficient (Wildman–Crippen LogP) is 6.17. The summed E-state index contributed by atoms with van der Waals surface area (Å²) in [6.45, 7) is 5.18. The summed E-state index contributed by atoms with van der Waals surface area (Å²) in [6, 6.07) is 14.8. The van der Waals surface area contributed by atoms with Gasteiger partial charge in [0.25, 0.3) is 0 Å². The number of ether oxygens (including phenoxy) is 2. The Morgan fingerprint density at radius 2 is 1.84 bits per heavy atom. The number of hydrogen-bond donors (Lipinski definition) is 0. The lowest BCUT2D eigenvalue weighted by Crippen LogP contribution is -2.25. The molecule has 0 aromatic heterocycles. The van der Waals surface area contributed by atoms with Gasteiger partial charge in [-0.15, -0.1) is 0 Å². The number of fused-ring (bicyclic) bond motifs is 1. The first-order chi connectivity index (χ1) is 12.1. The van der Waals surface area contributed by atoms with Crippen LogP contribution < -0.4 is 0 Å². The molecule has 0 atom stereocenters. The minimum atomic E-state index is -0.171. The zero-order valence-corrected chi connectivity index (χ0v) is 15.3. The Morgan fingerprint density at radius 1 is 1.00 bits per heavy atom. The standard InChI is InChI=1S/C23H28O2/c1-23(2,15-14-19-8-4-3-5-9-19)25-18-24-17-20-12-13-21-10-6-7-11-22(21)16-20/h4,6-13,16H,3,5,14-15,17-18H2,1-2H3. The van der Waals surface area contributed by atoms with Crippen LogP contribution in [0.4, 0.5) is 0 Å². The van der Waals surface area contributed by atoms with Crippen LogP contribution in [0.2, 0.25) is 0 Å². The molecule has 0 fully saturated rings. The van der Waals surface area contributed by atoms with Crippen molar-refractivity contribution in [1.82, 2.24) is 0 Å². The maximum Gasteiger partial charge on any atom is 0.147 e. The fourth-order valence-electron chi connectivity index (χ4n) is 3.06. The Kier molecular flexibility index (Phi) is 6.06. The molecular formula is C23H28O2. The average molecular weight is 336 g/mol. The Labute approximate surface area is 151 Å². The number of hydrogen-bond acceptors (Lipinski definition) is 2. The summed E-state index contributed by atoms with van der Waals surface area (Å²) in [5.41, 5.74) is 2.44. The summed E-state index contributed by atoms with van der Waals surface area (Å²) in [6.07, 6.45) is 11.3. The van der Waals surface area contributed by atoms with Crippen molar-refractivity contribution in [1.29, 1.82) is 0 Å². The van der Waals surface area contributed by atoms with Gasteiger partial charge in [-0.1, -0.05) is 60.2 Å². The molecular weight excluding hydrogens is 308 g/mol. The van der Waals surface area contributed by atoms with Crippen LogP contribution in [-0.2, 0) is 16.1 Å². The Bertz CT molecular complexity index is 756. The lowest BCUT2D eigenvalue weighted by molar-refractivity contribution is -0.135. The van der Waals surface area contributed by atoms with Gasteiger partial charge in [-0.2, -0.15) is 0 Å². The summed E-state index contributed by atoms with van der Waals surface area (Å²) in [5, 5.41) is 2.51. The van der Waals surface area contributed by atoms with Crippen LogP contribution in [0.5, 0.6) is 0 Å². The maximum absolute atomic E-state index is 5.96. The van der Waals surface area contributed by atoms with Gasteiger partial charge in [-0.05, 0) is 61.9 Å². The molecule has 132 valence electrons. The molecule has 25 heavy (non-hydrogen) atoms. The fraction of sp³-hybridized carbons (Fsp3) is 0.391. The normalized spacial score (nSPS) is 14.7. The van der Waals surface area contributed by atoms with Gasteiger partial charge in [-0.25, -0.2) is 0 Å². The zero-order chi connectivity index (χ0) is 17.5. The molecule has 2 heteroatoms. The molecule has 3 rings (SSSR count). The highest BCUT2D eigenvalue weighted by atomic mass is 16.7. The molecule has 0 spiro atoms. The van der Waals surface area contributed by atoms with E-state index >= 15 is 0 Å². The summed E-state index contributed by atoms with van der Waals surface area (Å²) in [7, 11) is 0. The van der Waals surface area contributed by atoms with E-state index in [0.29, 0.717) is 13.4 Å². The van der Waals surface area contributed by atoms with Crippen LogP contribution in [-0.4, -0.2) is 12.4 Å². The monoisotopic (exact) mass is 336 g/mol. The van der Waals surface area contributed by atoms with Gasteiger partial charge < -0.3 is 9.47 Å². The SMILES string of the molecule is CC(C)(CCC1=CCCC=C1)OCOCc1ccc2ccccc2c1. The molecule has 0 radical (unpaired) electrons. The van der Waals surface area contributed by atoms with Gasteiger partial charge in [0.05, 0.1) is 12.2 Å². The van der Waals surface area contributed by atoms with Crippen molar-refractivity contribution in [3.63, 3.8) is 0 Å². The van der Waals surface area contributed by atoms with E-state index in [9.17, 15) is 0 Å². The van der Waals surface area contributed by atoms with Crippen LogP contribution in [0.25, 0.3) is 10.8 Å². The first-order valence-electron chi connectivity index (χ1n) is 9.17. The summed E-state index contributed by atoms with van der Waals surface area (Å²) in [4.78, 5) is 0. The number of benzene rings is 2. The molecule has 0 saturated heterocycles. The van der Waals surface area contributed by atoms with E-state index in [-0.39, 0.29) is 5.60 Å². The van der Waals surface area contributed by atoms with Gasteiger partial charge in [0.2, 0.25) is 0 Å². The van der Waals surface area contributed by atoms with Crippen molar-refractivity contribution < 1.29 is 9.47 Å². The van der Waals surface area contributed by atoms with Crippen LogP contribution in [0.1, 0.15) is 45.1 Å². The van der Waals surface area contributed by atoms with Crippen molar-refractivity contribution in [3.8, 4) is 0 Å². The van der Waals surface area contributed by atoms with E-state index in [4.69, 9.17) is 9.47 Å². The quantitative estimate of drug-likeness (QED) is 0.424. The lowest BCUT2D eigenvalue weighted by Gasteiger charge is -2.25. The topological polar surface area (TPSA) is 18.5 Å². The highest BCUT2D eigenvalue weighted by Gasteiger charge is 2.18. The molecule has 0 bridgehead atoms. The van der Waals surface area contributed by atoms with E-state index in [1.54, 1.807) is 0 Å². The maximum atomic E-state index is 5.96. The molecule has 2 nitrogen and oxygen atoms in total. The first-order valence-corrected chi connectivity index (χ1v) is 9.17. The summed E-state index contributed by atoms with van der Waals surface area (Å²) >= 11 is 0. The highest BCUT2D eigenvalue weighted by Crippen LogP contribution is 2.23. The third-order valence-corrected chi connectivity index (χ3v) is 4.70. The largest absolute Gasteiger partial charge is 0.351 e. The van der Waals surface area contributed by atoms with Crippen molar-refractivity contribution in [2.24, 2.45) is 0 Å². The van der Waals surface area contributed by atoms with E-state index in [0.717, 1.165) is 12.8 Å². The molecule has 0 N–H and O–H groups in total. The Morgan fingerprint density at radius 3 is 2.64 bits per heavy atom. The van der Waals surface area contributed by atoms with Crippen molar-refractivity contribution in [2.75, 3.05) is 6.79 Å². The molecule has 0 aliphatic heterocycles. The molecule has 0 saturated carbocycles. The van der Waals surface area contributed by atoms with E-state index in [1.165, 1.54) is 34.8 Å². The van der Waals surface area contributed by atoms with Gasteiger partial charge in [0, 0.05) is 0 Å². The van der Waals surface area contributed by atoms with Crippen LogP contribution in [0.3, 0.4) is 0 Å². The summed E-state index contributed by atoms with van der Waals surface area (Å²) in [5.74, 6) is 0. The smallest absolute Gasteiger partial charge is 0.147 e. The predicted molar refractivity (Wildman–Crippen MR) is 104 cm³/mol. The van der Waals surface area contributed by atoms with Crippen LogP contribution in [0, 0.1) is 0 Å². The van der Waals surface area contributed by atoms with Gasteiger partial charge in [0.15, 0.2) is 0 Å². The molecule has 2 aromatic carbocycles. The first kappa shape index (κ1) is 17.9. The van der Waals surface area contributed by atoms with Gasteiger partial charge in [0.1, 0.15) is 6.79 Å². The molecule has 1 aliphatic rings. The number of allylic oxidation sites excluding steroid dienone is 4. The Balaban J connectivity index is 1.41. The minimum Gasteiger partial charge on any atom is -0.351 e. The molecule has 1 aliphatic carbocycles. The molecule has 0 unspecified atom stereocenters. The van der Waals surface area contributed by atoms with Crippen LogP contribution in [0.15, 0.2) is 66.3 Å². The fourth-order valence-corrected chi connectivity index (χ4v) is 3.06. The van der Waals surface area contributed by atoms with E-state index in [2.05, 4.69) is 74.5 Å². The van der Waals surface area contributed by atoms with Crippen molar-refractivity contribution in [3.05, 3.63) is 71.8 Å². The Hall–Kier alpha value is -1.90. The van der Waals surface area contributed by atoms with E-state index < -0.39 is 0 Å². The summed E-state index contributed by atoms with van der Waals surface area (Å²) < 4.78 is 11.7. The minimum absolute atomic E-state index is 0.171. The average Bonchev–Trinajstić information content (AvgIpc) is 2.64. The third-order valence-electron chi connectivity index (χ3n) is 4.70. The zero-order valence-electron chi connectivity index (χ0n) is 15.3. The second-order valence-corrected chi connectivity index (χ2v) is 7.31. The van der Waals surface area contributed by atoms with Gasteiger partial charge in [-0.3, -0.25) is 0 Å². The second kappa shape index (κ2) is 8.46. The van der Waals surface area contributed by atoms with E-state index in [1.807, 2.05) is 0 Å². The van der Waals surface area contributed by atoms with Crippen molar-refractivity contribution >= 4 is 10.8 Å². The number of rotatable bonds is 8. The van der Waals surface area contributed by atoms with Crippen LogP contribution >= 0.6 is 0 Å². The highest BCUT2D eigenvalue weighted by molar-refractivity contribution is 5.82. The molecule has 2 aromatic rings. The molecule has 0 amide bonds. The second-order valence-electron chi connectivity index (χ2n) is 7.31. The van der Waals surface area contributed by atoms with Gasteiger partial charge >= 0.3 is 0 Å².